The zero-order valence-electron chi connectivity index (χ0n) is 10.1. The van der Waals surface area contributed by atoms with Crippen molar-refractivity contribution in [2.75, 3.05) is 0 Å². The van der Waals surface area contributed by atoms with E-state index in [1.54, 1.807) is 0 Å². The van der Waals surface area contributed by atoms with Crippen molar-refractivity contribution in [1.29, 1.82) is 0 Å². The Morgan fingerprint density at radius 1 is 1.25 bits per heavy atom. The van der Waals surface area contributed by atoms with Gasteiger partial charge in [-0.2, -0.15) is 0 Å². The fourth-order valence-corrected chi connectivity index (χ4v) is 1.91. The molecule has 0 aromatic heterocycles. The summed E-state index contributed by atoms with van der Waals surface area (Å²) in [5.74, 6) is 1.80. The average molecular weight is 219 g/mol. The summed E-state index contributed by atoms with van der Waals surface area (Å²) in [6.45, 7) is 4.07. The van der Waals surface area contributed by atoms with Crippen LogP contribution in [0.5, 0.6) is 5.75 Å². The third-order valence-corrected chi connectivity index (χ3v) is 2.96. The minimum absolute atomic E-state index is 0.195. The molecule has 16 heavy (non-hydrogen) atoms. The molecule has 0 radical (unpaired) electrons. The van der Waals surface area contributed by atoms with Crippen LogP contribution in [0, 0.1) is 5.92 Å². The van der Waals surface area contributed by atoms with Gasteiger partial charge in [0.05, 0.1) is 6.10 Å². The molecule has 88 valence electrons. The van der Waals surface area contributed by atoms with Crippen LogP contribution < -0.4 is 10.5 Å². The lowest BCUT2D eigenvalue weighted by Crippen LogP contribution is -2.11. The number of rotatable bonds is 5. The van der Waals surface area contributed by atoms with Crippen LogP contribution in [0.1, 0.15) is 44.7 Å². The summed E-state index contributed by atoms with van der Waals surface area (Å²) < 4.78 is 5.60. The smallest absolute Gasteiger partial charge is 0.119 e. The van der Waals surface area contributed by atoms with Crippen LogP contribution in [-0.4, -0.2) is 6.10 Å². The van der Waals surface area contributed by atoms with Crippen molar-refractivity contribution in [2.45, 2.75) is 45.3 Å². The number of hydrogen-bond acceptors (Lipinski definition) is 2. The highest BCUT2D eigenvalue weighted by Crippen LogP contribution is 2.36. The van der Waals surface area contributed by atoms with Crippen LogP contribution in [0.15, 0.2) is 24.3 Å². The molecule has 2 heteroatoms. The molecule has 1 saturated carbocycles. The topological polar surface area (TPSA) is 35.2 Å². The van der Waals surface area contributed by atoms with Gasteiger partial charge in [-0.25, -0.2) is 0 Å². The average Bonchev–Trinajstić information content (AvgIpc) is 3.01. The number of ether oxygens (including phenoxy) is 1. The van der Waals surface area contributed by atoms with Crippen molar-refractivity contribution >= 4 is 0 Å². The Hall–Kier alpha value is -1.02. The summed E-state index contributed by atoms with van der Waals surface area (Å²) in [7, 11) is 0. The molecule has 0 spiro atoms. The molecule has 0 amide bonds. The number of nitrogens with two attached hydrogens (primary N) is 1. The second-order valence-electron chi connectivity index (χ2n) is 5.02. The van der Waals surface area contributed by atoms with Crippen molar-refractivity contribution in [3.63, 3.8) is 0 Å². The van der Waals surface area contributed by atoms with E-state index in [1.165, 1.54) is 18.4 Å². The van der Waals surface area contributed by atoms with E-state index in [-0.39, 0.29) is 12.1 Å². The van der Waals surface area contributed by atoms with Gasteiger partial charge in [0.25, 0.3) is 0 Å². The quantitative estimate of drug-likeness (QED) is 0.825. The van der Waals surface area contributed by atoms with Crippen LogP contribution in [0.25, 0.3) is 0 Å². The maximum absolute atomic E-state index is 6.15. The Kier molecular flexibility index (Phi) is 3.49. The van der Waals surface area contributed by atoms with Gasteiger partial charge < -0.3 is 10.5 Å². The molecular weight excluding hydrogens is 198 g/mol. The predicted molar refractivity (Wildman–Crippen MR) is 66.5 cm³/mol. The first-order chi connectivity index (χ1) is 7.65. The van der Waals surface area contributed by atoms with Gasteiger partial charge in [-0.05, 0) is 43.9 Å². The van der Waals surface area contributed by atoms with Crippen molar-refractivity contribution in [1.82, 2.24) is 0 Å². The zero-order chi connectivity index (χ0) is 11.5. The summed E-state index contributed by atoms with van der Waals surface area (Å²) in [5, 5.41) is 0. The van der Waals surface area contributed by atoms with Gasteiger partial charge in [-0.3, -0.25) is 0 Å². The fraction of sp³-hybridized carbons (Fsp3) is 0.571. The number of hydrogen-bond donors (Lipinski definition) is 1. The van der Waals surface area contributed by atoms with E-state index >= 15 is 0 Å². The summed E-state index contributed by atoms with van der Waals surface area (Å²) in [4.78, 5) is 0. The molecule has 1 aromatic carbocycles. The molecule has 0 bridgehead atoms. The van der Waals surface area contributed by atoms with Crippen LogP contribution in [0.3, 0.4) is 0 Å². The lowest BCUT2D eigenvalue weighted by molar-refractivity contribution is 0.242. The molecular formula is C14H21NO. The molecule has 1 aliphatic rings. The molecule has 0 heterocycles. The van der Waals surface area contributed by atoms with Crippen molar-refractivity contribution in [2.24, 2.45) is 11.7 Å². The van der Waals surface area contributed by atoms with Gasteiger partial charge in [0.2, 0.25) is 0 Å². The monoisotopic (exact) mass is 219 g/mol. The summed E-state index contributed by atoms with van der Waals surface area (Å²) in [5.41, 5.74) is 7.37. The van der Waals surface area contributed by atoms with Gasteiger partial charge >= 0.3 is 0 Å². The van der Waals surface area contributed by atoms with Crippen molar-refractivity contribution in [3.05, 3.63) is 29.8 Å². The van der Waals surface area contributed by atoms with E-state index in [1.807, 2.05) is 26.0 Å². The zero-order valence-corrected chi connectivity index (χ0v) is 10.1. The third kappa shape index (κ3) is 3.24. The van der Waals surface area contributed by atoms with E-state index < -0.39 is 0 Å². The number of benzene rings is 1. The Morgan fingerprint density at radius 3 is 2.38 bits per heavy atom. The maximum Gasteiger partial charge on any atom is 0.119 e. The minimum Gasteiger partial charge on any atom is -0.491 e. The van der Waals surface area contributed by atoms with Crippen molar-refractivity contribution in [3.8, 4) is 5.75 Å². The second kappa shape index (κ2) is 4.88. The Labute approximate surface area is 97.8 Å². The molecule has 2 rings (SSSR count). The molecule has 1 atom stereocenters. The highest BCUT2D eigenvalue weighted by Gasteiger charge is 2.24. The van der Waals surface area contributed by atoms with Gasteiger partial charge in [0.1, 0.15) is 5.75 Å². The predicted octanol–water partition coefficient (Wildman–Crippen LogP) is 3.27. The SMILES string of the molecule is CC(C)Oc1ccc(C(N)CC2CC2)cc1. The fourth-order valence-electron chi connectivity index (χ4n) is 1.91. The van der Waals surface area contributed by atoms with E-state index in [4.69, 9.17) is 10.5 Å². The van der Waals surface area contributed by atoms with Gasteiger partial charge in [-0.15, -0.1) is 0 Å². The molecule has 0 saturated heterocycles. The lowest BCUT2D eigenvalue weighted by atomic mass is 10.0. The third-order valence-electron chi connectivity index (χ3n) is 2.96. The highest BCUT2D eigenvalue weighted by atomic mass is 16.5. The van der Waals surface area contributed by atoms with Gasteiger partial charge in [-0.1, -0.05) is 25.0 Å². The summed E-state index contributed by atoms with van der Waals surface area (Å²) in [6, 6.07) is 8.40. The first-order valence-electron chi connectivity index (χ1n) is 6.17. The molecule has 2 nitrogen and oxygen atoms in total. The first kappa shape index (κ1) is 11.5. The van der Waals surface area contributed by atoms with Gasteiger partial charge in [0, 0.05) is 6.04 Å². The van der Waals surface area contributed by atoms with Crippen molar-refractivity contribution < 1.29 is 4.74 Å². The van der Waals surface area contributed by atoms with Crippen LogP contribution in [-0.2, 0) is 0 Å². The van der Waals surface area contributed by atoms with Gasteiger partial charge in [0.15, 0.2) is 0 Å². The largest absolute Gasteiger partial charge is 0.491 e. The standard InChI is InChI=1S/C14H21NO/c1-10(2)16-13-7-5-12(6-8-13)14(15)9-11-3-4-11/h5-8,10-11,14H,3-4,9,15H2,1-2H3. The lowest BCUT2D eigenvalue weighted by Gasteiger charge is -2.13. The Morgan fingerprint density at radius 2 is 1.88 bits per heavy atom. The first-order valence-corrected chi connectivity index (χ1v) is 6.17. The van der Waals surface area contributed by atoms with E-state index in [9.17, 15) is 0 Å². The van der Waals surface area contributed by atoms with Crippen LogP contribution in [0.4, 0.5) is 0 Å². The summed E-state index contributed by atoms with van der Waals surface area (Å²) >= 11 is 0. The molecule has 1 aliphatic carbocycles. The van der Waals surface area contributed by atoms with E-state index in [2.05, 4.69) is 12.1 Å². The van der Waals surface area contributed by atoms with Crippen LogP contribution in [0.2, 0.25) is 0 Å². The van der Waals surface area contributed by atoms with E-state index in [0.29, 0.717) is 0 Å². The highest BCUT2D eigenvalue weighted by molar-refractivity contribution is 5.29. The summed E-state index contributed by atoms with van der Waals surface area (Å²) in [6.07, 6.45) is 4.08. The second-order valence-corrected chi connectivity index (χ2v) is 5.02. The Bertz CT molecular complexity index is 327. The van der Waals surface area contributed by atoms with E-state index in [0.717, 1.165) is 18.1 Å². The maximum atomic E-state index is 6.15. The molecule has 1 fully saturated rings. The minimum atomic E-state index is 0.195. The molecule has 0 aliphatic heterocycles. The Balaban J connectivity index is 1.94. The molecule has 1 aromatic rings. The molecule has 2 N–H and O–H groups in total. The molecule has 1 unspecified atom stereocenters. The normalized spacial score (nSPS) is 17.5. The van der Waals surface area contributed by atoms with Crippen LogP contribution >= 0.6 is 0 Å².